The van der Waals surface area contributed by atoms with Crippen LogP contribution >= 0.6 is 31.9 Å². The molecule has 0 N–H and O–H groups in total. The van der Waals surface area contributed by atoms with Gasteiger partial charge >= 0.3 is 0 Å². The lowest BCUT2D eigenvalue weighted by molar-refractivity contribution is 0.103. The first-order valence-corrected chi connectivity index (χ1v) is 7.49. The van der Waals surface area contributed by atoms with Crippen molar-refractivity contribution in [1.82, 2.24) is 0 Å². The number of halogens is 2. The summed E-state index contributed by atoms with van der Waals surface area (Å²) in [7, 11) is 0. The van der Waals surface area contributed by atoms with Crippen molar-refractivity contribution in [2.45, 2.75) is 6.42 Å². The molecule has 0 aromatic heterocycles. The first-order valence-electron chi connectivity index (χ1n) is 5.90. The van der Waals surface area contributed by atoms with E-state index in [9.17, 15) is 4.79 Å². The molecule has 2 nitrogen and oxygen atoms in total. The molecule has 0 bridgehead atoms. The van der Waals surface area contributed by atoms with Crippen molar-refractivity contribution in [2.75, 3.05) is 6.61 Å². The van der Waals surface area contributed by atoms with E-state index in [2.05, 4.69) is 31.9 Å². The summed E-state index contributed by atoms with van der Waals surface area (Å²) >= 11 is 6.84. The number of hydrogen-bond acceptors (Lipinski definition) is 2. The van der Waals surface area contributed by atoms with Crippen LogP contribution in [-0.4, -0.2) is 12.4 Å². The van der Waals surface area contributed by atoms with Gasteiger partial charge < -0.3 is 4.74 Å². The fourth-order valence-corrected chi connectivity index (χ4v) is 3.13. The summed E-state index contributed by atoms with van der Waals surface area (Å²) in [5.74, 6) is 0.717. The Bertz CT molecular complexity index is 665. The summed E-state index contributed by atoms with van der Waals surface area (Å²) in [6.45, 7) is 0.643. The molecule has 3 rings (SSSR count). The maximum Gasteiger partial charge on any atom is 0.196 e. The van der Waals surface area contributed by atoms with Crippen molar-refractivity contribution >= 4 is 37.6 Å². The van der Waals surface area contributed by atoms with Crippen LogP contribution in [0.1, 0.15) is 21.5 Å². The number of ether oxygens (including phenoxy) is 1. The Morgan fingerprint density at radius 2 is 1.95 bits per heavy atom. The second-order valence-corrected chi connectivity index (χ2v) is 6.21. The van der Waals surface area contributed by atoms with E-state index in [4.69, 9.17) is 4.74 Å². The quantitative estimate of drug-likeness (QED) is 0.721. The van der Waals surface area contributed by atoms with Crippen LogP contribution in [-0.2, 0) is 6.42 Å². The van der Waals surface area contributed by atoms with E-state index in [1.165, 1.54) is 0 Å². The topological polar surface area (TPSA) is 26.3 Å². The zero-order chi connectivity index (χ0) is 13.4. The SMILES string of the molecule is O=C(c1cccc(Br)c1)c1cc(Br)cc2c1OCC2. The molecule has 0 amide bonds. The fourth-order valence-electron chi connectivity index (χ4n) is 2.22. The highest BCUT2D eigenvalue weighted by Gasteiger charge is 2.22. The van der Waals surface area contributed by atoms with Crippen LogP contribution < -0.4 is 4.74 Å². The van der Waals surface area contributed by atoms with Gasteiger partial charge in [-0.1, -0.05) is 44.0 Å². The van der Waals surface area contributed by atoms with E-state index < -0.39 is 0 Å². The minimum absolute atomic E-state index is 0.0132. The number of rotatable bonds is 2. The molecule has 19 heavy (non-hydrogen) atoms. The zero-order valence-corrected chi connectivity index (χ0v) is 13.1. The van der Waals surface area contributed by atoms with Crippen LogP contribution in [0, 0.1) is 0 Å². The van der Waals surface area contributed by atoms with Crippen LogP contribution in [0.25, 0.3) is 0 Å². The molecule has 1 aliphatic rings. The lowest BCUT2D eigenvalue weighted by Crippen LogP contribution is -2.04. The van der Waals surface area contributed by atoms with Gasteiger partial charge in [0.15, 0.2) is 5.78 Å². The normalized spacial score (nSPS) is 12.9. The molecule has 0 saturated carbocycles. The second-order valence-electron chi connectivity index (χ2n) is 4.38. The molecular weight excluding hydrogens is 372 g/mol. The van der Waals surface area contributed by atoms with Gasteiger partial charge in [-0.2, -0.15) is 0 Å². The monoisotopic (exact) mass is 380 g/mol. The maximum atomic E-state index is 12.6. The second kappa shape index (κ2) is 5.10. The summed E-state index contributed by atoms with van der Waals surface area (Å²) in [4.78, 5) is 12.6. The summed E-state index contributed by atoms with van der Waals surface area (Å²) in [6, 6.07) is 11.2. The first kappa shape index (κ1) is 12.9. The molecule has 96 valence electrons. The van der Waals surface area contributed by atoms with Crippen molar-refractivity contribution in [2.24, 2.45) is 0 Å². The minimum Gasteiger partial charge on any atom is -0.492 e. The molecular formula is C15H10Br2O2. The molecule has 0 radical (unpaired) electrons. The largest absolute Gasteiger partial charge is 0.492 e. The van der Waals surface area contributed by atoms with E-state index >= 15 is 0 Å². The lowest BCUT2D eigenvalue weighted by atomic mass is 10.00. The van der Waals surface area contributed by atoms with Gasteiger partial charge in [-0.3, -0.25) is 4.79 Å². The van der Waals surface area contributed by atoms with Crippen LogP contribution in [0.4, 0.5) is 0 Å². The maximum absolute atomic E-state index is 12.6. The lowest BCUT2D eigenvalue weighted by Gasteiger charge is -2.08. The van der Waals surface area contributed by atoms with Gasteiger partial charge in [0.1, 0.15) is 5.75 Å². The predicted molar refractivity (Wildman–Crippen MR) is 80.9 cm³/mol. The smallest absolute Gasteiger partial charge is 0.196 e. The highest BCUT2D eigenvalue weighted by molar-refractivity contribution is 9.10. The number of ketones is 1. The third-order valence-electron chi connectivity index (χ3n) is 3.08. The number of hydrogen-bond donors (Lipinski definition) is 0. The molecule has 0 unspecified atom stereocenters. The van der Waals surface area contributed by atoms with Crippen LogP contribution in [0.5, 0.6) is 5.75 Å². The zero-order valence-electron chi connectivity index (χ0n) is 9.95. The van der Waals surface area contributed by atoms with Crippen molar-refractivity contribution in [1.29, 1.82) is 0 Å². The molecule has 0 saturated heterocycles. The molecule has 2 aromatic rings. The molecule has 4 heteroatoms. The number of carbonyl (C=O) groups is 1. The van der Waals surface area contributed by atoms with Crippen molar-refractivity contribution < 1.29 is 9.53 Å². The fraction of sp³-hybridized carbons (Fsp3) is 0.133. The standard InChI is InChI=1S/C15H10Br2O2/c16-11-3-1-2-9(6-11)14(18)13-8-12(17)7-10-4-5-19-15(10)13/h1-3,6-8H,4-5H2. The van der Waals surface area contributed by atoms with Crippen molar-refractivity contribution in [3.63, 3.8) is 0 Å². The van der Waals surface area contributed by atoms with Gasteiger partial charge in [-0.05, 0) is 29.8 Å². The summed E-state index contributed by atoms with van der Waals surface area (Å²) < 4.78 is 7.41. The average Bonchev–Trinajstić information content (AvgIpc) is 2.85. The highest BCUT2D eigenvalue weighted by Crippen LogP contribution is 2.34. The van der Waals surface area contributed by atoms with Crippen LogP contribution in [0.3, 0.4) is 0 Å². The third-order valence-corrected chi connectivity index (χ3v) is 4.03. The van der Waals surface area contributed by atoms with Crippen molar-refractivity contribution in [3.05, 3.63) is 62.0 Å². The number of carbonyl (C=O) groups excluding carboxylic acids is 1. The van der Waals surface area contributed by atoms with Gasteiger partial charge in [0.05, 0.1) is 12.2 Å². The Labute approximate surface area is 128 Å². The van der Waals surface area contributed by atoms with E-state index in [0.29, 0.717) is 17.7 Å². The van der Waals surface area contributed by atoms with Gasteiger partial charge in [0.2, 0.25) is 0 Å². The van der Waals surface area contributed by atoms with Gasteiger partial charge in [-0.15, -0.1) is 0 Å². The van der Waals surface area contributed by atoms with E-state index in [-0.39, 0.29) is 5.78 Å². The Kier molecular flexibility index (Phi) is 3.46. The first-order chi connectivity index (χ1) is 9.15. The predicted octanol–water partition coefficient (Wildman–Crippen LogP) is 4.38. The summed E-state index contributed by atoms with van der Waals surface area (Å²) in [5.41, 5.74) is 2.37. The summed E-state index contributed by atoms with van der Waals surface area (Å²) in [5, 5.41) is 0. The molecule has 2 aromatic carbocycles. The Hall–Kier alpha value is -1.13. The summed E-state index contributed by atoms with van der Waals surface area (Å²) in [6.07, 6.45) is 0.855. The molecule has 1 aliphatic heterocycles. The molecule has 0 aliphatic carbocycles. The minimum atomic E-state index is -0.0132. The molecule has 0 atom stereocenters. The van der Waals surface area contributed by atoms with Crippen LogP contribution in [0.15, 0.2) is 45.3 Å². The average molecular weight is 382 g/mol. The Morgan fingerprint density at radius 3 is 2.74 bits per heavy atom. The number of fused-ring (bicyclic) bond motifs is 1. The van der Waals surface area contributed by atoms with Crippen LogP contribution in [0.2, 0.25) is 0 Å². The Balaban J connectivity index is 2.10. The van der Waals surface area contributed by atoms with Gasteiger partial charge in [0, 0.05) is 20.9 Å². The Morgan fingerprint density at radius 1 is 1.11 bits per heavy atom. The molecule has 0 spiro atoms. The molecule has 1 heterocycles. The third kappa shape index (κ3) is 2.47. The molecule has 0 fully saturated rings. The number of benzene rings is 2. The van der Waals surface area contributed by atoms with Crippen molar-refractivity contribution in [3.8, 4) is 5.75 Å². The van der Waals surface area contributed by atoms with E-state index in [0.717, 1.165) is 26.7 Å². The van der Waals surface area contributed by atoms with E-state index in [1.807, 2.05) is 36.4 Å². The highest BCUT2D eigenvalue weighted by atomic mass is 79.9. The van der Waals surface area contributed by atoms with Gasteiger partial charge in [0.25, 0.3) is 0 Å². The van der Waals surface area contributed by atoms with Gasteiger partial charge in [-0.25, -0.2) is 0 Å². The van der Waals surface area contributed by atoms with E-state index in [1.54, 1.807) is 0 Å².